The van der Waals surface area contributed by atoms with Gasteiger partial charge < -0.3 is 15.2 Å². The fraction of sp³-hybridized carbons (Fsp3) is 0.308. The van der Waals surface area contributed by atoms with Crippen molar-refractivity contribution >= 4 is 17.8 Å². The van der Waals surface area contributed by atoms with E-state index in [1.165, 1.54) is 0 Å². The maximum atomic E-state index is 11.3. The van der Waals surface area contributed by atoms with Gasteiger partial charge in [0.2, 0.25) is 0 Å². The molecule has 6 nitrogen and oxygen atoms in total. The summed E-state index contributed by atoms with van der Waals surface area (Å²) in [5.41, 5.74) is 0. The maximum absolute atomic E-state index is 11.3. The van der Waals surface area contributed by atoms with E-state index in [0.717, 1.165) is 0 Å². The number of carbonyl (C=O) groups is 3. The Bertz CT molecular complexity index is 444. The van der Waals surface area contributed by atoms with E-state index < -0.39 is 12.1 Å². The molecule has 0 heterocycles. The molecule has 0 aliphatic carbocycles. The highest BCUT2D eigenvalue weighted by molar-refractivity contribution is 5.84. The zero-order valence-corrected chi connectivity index (χ0v) is 10.3. The van der Waals surface area contributed by atoms with Crippen LogP contribution in [0.4, 0.5) is 4.79 Å². The summed E-state index contributed by atoms with van der Waals surface area (Å²) in [5.74, 6) is -0.783. The first kappa shape index (κ1) is 14.7. The van der Waals surface area contributed by atoms with Gasteiger partial charge in [-0.05, 0) is 18.6 Å². The maximum Gasteiger partial charge on any atom is 0.412 e. The highest BCUT2D eigenvalue weighted by Gasteiger charge is 2.08. The lowest BCUT2D eigenvalue weighted by Crippen LogP contribution is -2.31. The molecule has 19 heavy (non-hydrogen) atoms. The first-order valence-electron chi connectivity index (χ1n) is 5.82. The molecule has 2 N–H and O–H groups in total. The number of rotatable bonds is 7. The van der Waals surface area contributed by atoms with E-state index in [-0.39, 0.29) is 31.6 Å². The minimum absolute atomic E-state index is 0.0554. The summed E-state index contributed by atoms with van der Waals surface area (Å²) in [6.45, 7) is -0.161. The molecular formula is C13H15NO5. The Morgan fingerprint density at radius 3 is 2.42 bits per heavy atom. The molecule has 0 saturated heterocycles. The monoisotopic (exact) mass is 265 g/mol. The number of hydrogen-bond donors (Lipinski definition) is 2. The molecule has 0 aliphatic rings. The van der Waals surface area contributed by atoms with Gasteiger partial charge in [-0.2, -0.15) is 0 Å². The Balaban J connectivity index is 2.19. The zero-order chi connectivity index (χ0) is 14.1. The number of hydrogen-bond acceptors (Lipinski definition) is 4. The number of carboxylic acids is 1. The highest BCUT2D eigenvalue weighted by atomic mass is 16.6. The molecule has 0 aromatic heterocycles. The largest absolute Gasteiger partial charge is 0.481 e. The van der Waals surface area contributed by atoms with Crippen molar-refractivity contribution in [1.82, 2.24) is 5.32 Å². The van der Waals surface area contributed by atoms with Crippen LogP contribution in [-0.2, 0) is 9.59 Å². The summed E-state index contributed by atoms with van der Waals surface area (Å²) >= 11 is 0. The summed E-state index contributed by atoms with van der Waals surface area (Å²) in [6, 6.07) is 8.47. The van der Waals surface area contributed by atoms with Crippen LogP contribution in [-0.4, -0.2) is 29.5 Å². The van der Waals surface area contributed by atoms with Gasteiger partial charge in [0, 0.05) is 12.8 Å². The van der Waals surface area contributed by atoms with Crippen molar-refractivity contribution < 1.29 is 24.2 Å². The third-order valence-electron chi connectivity index (χ3n) is 2.23. The standard InChI is InChI=1S/C13H15NO5/c15-10(5-4-8-12(16)17)9-14-13(18)19-11-6-2-1-3-7-11/h1-3,6-7H,4-5,8-9H2,(H,14,18)(H,16,17). The number of para-hydroxylation sites is 1. The Kier molecular flexibility index (Phi) is 6.08. The Morgan fingerprint density at radius 2 is 1.79 bits per heavy atom. The van der Waals surface area contributed by atoms with Crippen LogP contribution in [0.15, 0.2) is 30.3 Å². The molecule has 1 amide bonds. The number of carboxylic acid groups (broad SMARTS) is 1. The summed E-state index contributed by atoms with van der Waals surface area (Å²) in [4.78, 5) is 32.9. The molecular weight excluding hydrogens is 250 g/mol. The van der Waals surface area contributed by atoms with Crippen molar-refractivity contribution in [3.63, 3.8) is 0 Å². The zero-order valence-electron chi connectivity index (χ0n) is 10.3. The molecule has 102 valence electrons. The highest BCUT2D eigenvalue weighted by Crippen LogP contribution is 2.07. The number of ether oxygens (including phenoxy) is 1. The van der Waals surface area contributed by atoms with Crippen LogP contribution in [0.2, 0.25) is 0 Å². The number of Topliss-reactive ketones (excluding diaryl/α,β-unsaturated/α-hetero) is 1. The van der Waals surface area contributed by atoms with Gasteiger partial charge in [-0.15, -0.1) is 0 Å². The third kappa shape index (κ3) is 6.82. The molecule has 1 rings (SSSR count). The average molecular weight is 265 g/mol. The minimum atomic E-state index is -0.941. The van der Waals surface area contributed by atoms with Crippen LogP contribution in [0.1, 0.15) is 19.3 Å². The van der Waals surface area contributed by atoms with Crippen LogP contribution in [0.5, 0.6) is 5.75 Å². The van der Waals surface area contributed by atoms with Crippen molar-refractivity contribution in [1.29, 1.82) is 0 Å². The van der Waals surface area contributed by atoms with Crippen molar-refractivity contribution in [2.45, 2.75) is 19.3 Å². The lowest BCUT2D eigenvalue weighted by molar-refractivity contribution is -0.137. The van der Waals surface area contributed by atoms with Crippen molar-refractivity contribution in [3.8, 4) is 5.75 Å². The second-order valence-electron chi connectivity index (χ2n) is 3.84. The Labute approximate surface area is 110 Å². The van der Waals surface area contributed by atoms with Gasteiger partial charge in [0.1, 0.15) is 5.75 Å². The Hall–Kier alpha value is -2.37. The molecule has 0 aliphatic heterocycles. The number of benzene rings is 1. The van der Waals surface area contributed by atoms with E-state index in [4.69, 9.17) is 9.84 Å². The van der Waals surface area contributed by atoms with Crippen LogP contribution >= 0.6 is 0 Å². The molecule has 0 radical (unpaired) electrons. The quantitative estimate of drug-likeness (QED) is 0.781. The van der Waals surface area contributed by atoms with E-state index in [1.54, 1.807) is 30.3 Å². The van der Waals surface area contributed by atoms with Crippen molar-refractivity contribution in [3.05, 3.63) is 30.3 Å². The topological polar surface area (TPSA) is 92.7 Å². The predicted octanol–water partition coefficient (Wildman–Crippen LogP) is 1.60. The van der Waals surface area contributed by atoms with Gasteiger partial charge in [0.05, 0.1) is 6.54 Å². The van der Waals surface area contributed by atoms with Crippen LogP contribution in [0, 0.1) is 0 Å². The summed E-state index contributed by atoms with van der Waals surface area (Å²) < 4.78 is 4.91. The van der Waals surface area contributed by atoms with E-state index in [0.29, 0.717) is 5.75 Å². The molecule has 1 aromatic rings. The minimum Gasteiger partial charge on any atom is -0.481 e. The third-order valence-corrected chi connectivity index (χ3v) is 2.23. The number of aliphatic carboxylic acids is 1. The lowest BCUT2D eigenvalue weighted by atomic mass is 10.2. The molecule has 0 saturated carbocycles. The van der Waals surface area contributed by atoms with Crippen molar-refractivity contribution in [2.75, 3.05) is 6.54 Å². The van der Waals surface area contributed by atoms with Gasteiger partial charge in [0.25, 0.3) is 0 Å². The van der Waals surface area contributed by atoms with E-state index in [1.807, 2.05) is 0 Å². The molecule has 0 fully saturated rings. The van der Waals surface area contributed by atoms with Gasteiger partial charge in [0.15, 0.2) is 5.78 Å². The SMILES string of the molecule is O=C(O)CCCC(=O)CNC(=O)Oc1ccccc1. The lowest BCUT2D eigenvalue weighted by Gasteiger charge is -2.05. The summed E-state index contributed by atoms with van der Waals surface area (Å²) in [6.07, 6.45) is -0.375. The normalized spacial score (nSPS) is 9.68. The van der Waals surface area contributed by atoms with Gasteiger partial charge >= 0.3 is 12.1 Å². The molecule has 6 heteroatoms. The van der Waals surface area contributed by atoms with Gasteiger partial charge in [-0.3, -0.25) is 9.59 Å². The number of nitrogens with one attached hydrogen (secondary N) is 1. The smallest absolute Gasteiger partial charge is 0.412 e. The van der Waals surface area contributed by atoms with Crippen LogP contribution < -0.4 is 10.1 Å². The predicted molar refractivity (Wildman–Crippen MR) is 67.0 cm³/mol. The molecule has 0 atom stereocenters. The van der Waals surface area contributed by atoms with Crippen LogP contribution in [0.25, 0.3) is 0 Å². The average Bonchev–Trinajstić information content (AvgIpc) is 2.37. The van der Waals surface area contributed by atoms with Gasteiger partial charge in [-0.25, -0.2) is 4.79 Å². The first-order chi connectivity index (χ1) is 9.08. The number of amides is 1. The fourth-order valence-electron chi connectivity index (χ4n) is 1.33. The first-order valence-corrected chi connectivity index (χ1v) is 5.82. The number of carbonyl (C=O) groups excluding carboxylic acids is 2. The van der Waals surface area contributed by atoms with Crippen LogP contribution in [0.3, 0.4) is 0 Å². The Morgan fingerprint density at radius 1 is 1.11 bits per heavy atom. The van der Waals surface area contributed by atoms with Crippen molar-refractivity contribution in [2.24, 2.45) is 0 Å². The molecule has 0 unspecified atom stereocenters. The van der Waals surface area contributed by atoms with E-state index >= 15 is 0 Å². The molecule has 0 spiro atoms. The van der Waals surface area contributed by atoms with E-state index in [9.17, 15) is 14.4 Å². The second kappa shape index (κ2) is 7.86. The molecule has 1 aromatic carbocycles. The summed E-state index contributed by atoms with van der Waals surface area (Å²) in [5, 5.41) is 10.7. The van der Waals surface area contributed by atoms with Gasteiger partial charge in [-0.1, -0.05) is 18.2 Å². The fourth-order valence-corrected chi connectivity index (χ4v) is 1.33. The second-order valence-corrected chi connectivity index (χ2v) is 3.84. The molecule has 0 bridgehead atoms. The van der Waals surface area contributed by atoms with E-state index in [2.05, 4.69) is 5.32 Å². The number of ketones is 1. The summed E-state index contributed by atoms with van der Waals surface area (Å²) in [7, 11) is 0.